The molecule has 1 fully saturated rings. The molecule has 2 rings (SSSR count). The van der Waals surface area contributed by atoms with E-state index in [2.05, 4.69) is 10.2 Å². The second kappa shape index (κ2) is 7.16. The third-order valence-electron chi connectivity index (χ3n) is 2.88. The normalized spacial score (nSPS) is 18.9. The quantitative estimate of drug-likeness (QED) is 0.761. The van der Waals surface area contributed by atoms with Gasteiger partial charge in [-0.3, -0.25) is 4.79 Å². The standard InChI is InChI=1S/C11H17N3O3S2/c1-17-4-3-14-10(8-2-5-18-6-8)12-13-11(14)19-7-9(15)16/h8H,2-7H2,1H3,(H,15,16). The minimum Gasteiger partial charge on any atom is -0.481 e. The summed E-state index contributed by atoms with van der Waals surface area (Å²) in [7, 11) is 1.65. The first-order chi connectivity index (χ1) is 9.22. The Morgan fingerprint density at radius 2 is 2.47 bits per heavy atom. The van der Waals surface area contributed by atoms with Crippen molar-refractivity contribution in [2.24, 2.45) is 0 Å². The highest BCUT2D eigenvalue weighted by Gasteiger charge is 2.25. The number of hydrogen-bond acceptors (Lipinski definition) is 6. The van der Waals surface area contributed by atoms with Crippen LogP contribution in [0.5, 0.6) is 0 Å². The van der Waals surface area contributed by atoms with E-state index in [9.17, 15) is 4.79 Å². The fraction of sp³-hybridized carbons (Fsp3) is 0.727. The predicted molar refractivity (Wildman–Crippen MR) is 74.9 cm³/mol. The maximum atomic E-state index is 10.7. The molecule has 1 saturated heterocycles. The molecule has 2 heterocycles. The van der Waals surface area contributed by atoms with E-state index >= 15 is 0 Å². The lowest BCUT2D eigenvalue weighted by Crippen LogP contribution is -2.13. The van der Waals surface area contributed by atoms with Crippen LogP contribution in [0.3, 0.4) is 0 Å². The Bertz CT molecular complexity index is 433. The Kier molecular flexibility index (Phi) is 5.53. The van der Waals surface area contributed by atoms with Crippen LogP contribution in [0.15, 0.2) is 5.16 Å². The highest BCUT2D eigenvalue weighted by Crippen LogP contribution is 2.32. The molecule has 0 radical (unpaired) electrons. The summed E-state index contributed by atoms with van der Waals surface area (Å²) in [6, 6.07) is 0. The Morgan fingerprint density at radius 1 is 1.63 bits per heavy atom. The number of aromatic nitrogens is 3. The Hall–Kier alpha value is -0.730. The summed E-state index contributed by atoms with van der Waals surface area (Å²) >= 11 is 3.14. The van der Waals surface area contributed by atoms with E-state index in [1.54, 1.807) is 7.11 Å². The van der Waals surface area contributed by atoms with Crippen LogP contribution in [0.4, 0.5) is 0 Å². The van der Waals surface area contributed by atoms with Crippen LogP contribution < -0.4 is 0 Å². The molecular formula is C11H17N3O3S2. The monoisotopic (exact) mass is 303 g/mol. The molecule has 0 saturated carbocycles. The van der Waals surface area contributed by atoms with E-state index < -0.39 is 5.97 Å². The van der Waals surface area contributed by atoms with Crippen molar-refractivity contribution in [2.75, 3.05) is 31.0 Å². The summed E-state index contributed by atoms with van der Waals surface area (Å²) in [6.45, 7) is 1.24. The van der Waals surface area contributed by atoms with Crippen LogP contribution in [0.2, 0.25) is 0 Å². The van der Waals surface area contributed by atoms with Gasteiger partial charge in [0.1, 0.15) is 5.82 Å². The summed E-state index contributed by atoms with van der Waals surface area (Å²) < 4.78 is 7.11. The average Bonchev–Trinajstić information content (AvgIpc) is 3.02. The van der Waals surface area contributed by atoms with Crippen LogP contribution in [0, 0.1) is 0 Å². The van der Waals surface area contributed by atoms with Crippen LogP contribution in [0.1, 0.15) is 18.2 Å². The second-order valence-electron chi connectivity index (χ2n) is 4.23. The van der Waals surface area contributed by atoms with E-state index in [1.165, 1.54) is 11.8 Å². The topological polar surface area (TPSA) is 77.2 Å². The molecule has 1 atom stereocenters. The zero-order valence-electron chi connectivity index (χ0n) is 10.7. The molecule has 1 aromatic rings. The number of ether oxygens (including phenoxy) is 1. The highest BCUT2D eigenvalue weighted by molar-refractivity contribution is 7.99. The first-order valence-corrected chi connectivity index (χ1v) is 8.20. The molecule has 106 valence electrons. The number of thioether (sulfide) groups is 2. The lowest BCUT2D eigenvalue weighted by molar-refractivity contribution is -0.133. The lowest BCUT2D eigenvalue weighted by Gasteiger charge is -2.12. The van der Waals surface area contributed by atoms with Crippen LogP contribution in [-0.4, -0.2) is 56.8 Å². The summed E-state index contributed by atoms with van der Waals surface area (Å²) in [5.41, 5.74) is 0. The number of nitrogens with zero attached hydrogens (tertiary/aromatic N) is 3. The van der Waals surface area contributed by atoms with Gasteiger partial charge in [-0.05, 0) is 12.2 Å². The molecule has 6 nitrogen and oxygen atoms in total. The maximum Gasteiger partial charge on any atom is 0.313 e. The van der Waals surface area contributed by atoms with Gasteiger partial charge in [0.25, 0.3) is 0 Å². The summed E-state index contributed by atoms with van der Waals surface area (Å²) in [4.78, 5) is 10.7. The number of carbonyl (C=O) groups is 1. The van der Waals surface area contributed by atoms with Crippen molar-refractivity contribution >= 4 is 29.5 Å². The van der Waals surface area contributed by atoms with E-state index in [1.807, 2.05) is 16.3 Å². The van der Waals surface area contributed by atoms with Crippen molar-refractivity contribution in [3.8, 4) is 0 Å². The van der Waals surface area contributed by atoms with E-state index in [-0.39, 0.29) is 5.75 Å². The number of hydrogen-bond donors (Lipinski definition) is 1. The number of aliphatic carboxylic acids is 1. The molecule has 0 amide bonds. The van der Waals surface area contributed by atoms with Gasteiger partial charge >= 0.3 is 5.97 Å². The molecule has 19 heavy (non-hydrogen) atoms. The molecule has 1 aliphatic rings. The predicted octanol–water partition coefficient (Wildman–Crippen LogP) is 1.32. The zero-order valence-corrected chi connectivity index (χ0v) is 12.4. The summed E-state index contributed by atoms with van der Waals surface area (Å²) in [5, 5.41) is 17.8. The molecule has 0 aliphatic carbocycles. The molecular weight excluding hydrogens is 286 g/mol. The minimum atomic E-state index is -0.843. The Balaban J connectivity index is 2.14. The first kappa shape index (κ1) is 14.7. The van der Waals surface area contributed by atoms with Crippen LogP contribution in [-0.2, 0) is 16.1 Å². The SMILES string of the molecule is COCCn1c(SCC(=O)O)nnc1C1CCSC1. The van der Waals surface area contributed by atoms with Crippen molar-refractivity contribution in [3.05, 3.63) is 5.82 Å². The van der Waals surface area contributed by atoms with Gasteiger partial charge in [0.2, 0.25) is 0 Å². The van der Waals surface area contributed by atoms with E-state index in [0.29, 0.717) is 24.2 Å². The number of rotatable bonds is 7. The van der Waals surface area contributed by atoms with Crippen molar-refractivity contribution in [2.45, 2.75) is 24.0 Å². The fourth-order valence-electron chi connectivity index (χ4n) is 1.97. The third kappa shape index (κ3) is 3.87. The molecule has 1 unspecified atom stereocenters. The number of carboxylic acid groups (broad SMARTS) is 1. The van der Waals surface area contributed by atoms with Crippen molar-refractivity contribution in [1.29, 1.82) is 0 Å². The first-order valence-electron chi connectivity index (χ1n) is 6.06. The van der Waals surface area contributed by atoms with Gasteiger partial charge in [-0.15, -0.1) is 10.2 Å². The van der Waals surface area contributed by atoms with Crippen molar-refractivity contribution in [3.63, 3.8) is 0 Å². The molecule has 1 aliphatic heterocycles. The van der Waals surface area contributed by atoms with Crippen molar-refractivity contribution < 1.29 is 14.6 Å². The van der Waals surface area contributed by atoms with Gasteiger partial charge in [-0.1, -0.05) is 11.8 Å². The van der Waals surface area contributed by atoms with Crippen molar-refractivity contribution in [1.82, 2.24) is 14.8 Å². The Labute approximate surface area is 120 Å². The van der Waals surface area contributed by atoms with Gasteiger partial charge in [-0.2, -0.15) is 11.8 Å². The van der Waals surface area contributed by atoms with Crippen LogP contribution >= 0.6 is 23.5 Å². The zero-order chi connectivity index (χ0) is 13.7. The fourth-order valence-corrected chi connectivity index (χ4v) is 3.88. The number of carboxylic acids is 1. The van der Waals surface area contributed by atoms with Crippen LogP contribution in [0.25, 0.3) is 0 Å². The average molecular weight is 303 g/mol. The molecule has 1 N–H and O–H groups in total. The molecule has 8 heteroatoms. The van der Waals surface area contributed by atoms with Gasteiger partial charge in [0, 0.05) is 25.3 Å². The van der Waals surface area contributed by atoms with E-state index in [0.717, 1.165) is 23.8 Å². The summed E-state index contributed by atoms with van der Waals surface area (Å²) in [6.07, 6.45) is 1.11. The van der Waals surface area contributed by atoms with Gasteiger partial charge < -0.3 is 14.4 Å². The van der Waals surface area contributed by atoms with E-state index in [4.69, 9.17) is 9.84 Å². The number of methoxy groups -OCH3 is 1. The largest absolute Gasteiger partial charge is 0.481 e. The third-order valence-corrected chi connectivity index (χ3v) is 5.00. The van der Waals surface area contributed by atoms with Gasteiger partial charge in [-0.25, -0.2) is 0 Å². The smallest absolute Gasteiger partial charge is 0.313 e. The molecule has 0 aromatic carbocycles. The van der Waals surface area contributed by atoms with Gasteiger partial charge in [0.15, 0.2) is 5.16 Å². The Morgan fingerprint density at radius 3 is 3.11 bits per heavy atom. The summed E-state index contributed by atoms with van der Waals surface area (Å²) in [5.74, 6) is 2.77. The minimum absolute atomic E-state index is 0.00450. The molecule has 0 bridgehead atoms. The second-order valence-corrected chi connectivity index (χ2v) is 6.32. The van der Waals surface area contributed by atoms with Gasteiger partial charge in [0.05, 0.1) is 12.4 Å². The lowest BCUT2D eigenvalue weighted by atomic mass is 10.1. The molecule has 1 aromatic heterocycles. The molecule has 0 spiro atoms. The highest BCUT2D eigenvalue weighted by atomic mass is 32.2. The maximum absolute atomic E-state index is 10.7.